The third-order valence-corrected chi connectivity index (χ3v) is 2.45. The van der Waals surface area contributed by atoms with Gasteiger partial charge in [0.2, 0.25) is 5.71 Å². The Balaban J connectivity index is 2.91. The fourth-order valence-corrected chi connectivity index (χ4v) is 1.51. The highest BCUT2D eigenvalue weighted by Gasteiger charge is 2.12. The fraction of sp³-hybridized carbons (Fsp3) is 0.182. The van der Waals surface area contributed by atoms with Crippen LogP contribution in [0.2, 0.25) is 10.0 Å². The number of hydrazone groups is 1. The minimum Gasteiger partial charge on any atom is -0.461 e. The van der Waals surface area contributed by atoms with Crippen LogP contribution in [0.15, 0.2) is 23.3 Å². The highest BCUT2D eigenvalue weighted by atomic mass is 35.5. The number of halogens is 2. The van der Waals surface area contributed by atoms with Crippen LogP contribution >= 0.6 is 23.2 Å². The van der Waals surface area contributed by atoms with Crippen molar-refractivity contribution in [3.63, 3.8) is 0 Å². The van der Waals surface area contributed by atoms with Crippen molar-refractivity contribution in [2.45, 2.75) is 6.92 Å². The van der Waals surface area contributed by atoms with Crippen molar-refractivity contribution >= 4 is 40.6 Å². The van der Waals surface area contributed by atoms with Crippen molar-refractivity contribution in [3.05, 3.63) is 28.2 Å². The van der Waals surface area contributed by atoms with Crippen LogP contribution in [-0.4, -0.2) is 18.3 Å². The maximum Gasteiger partial charge on any atom is 0.369 e. The molecule has 1 aromatic carbocycles. The molecule has 18 heavy (non-hydrogen) atoms. The lowest BCUT2D eigenvalue weighted by Gasteiger charge is -2.05. The summed E-state index contributed by atoms with van der Waals surface area (Å²) < 4.78 is 4.65. The molecule has 1 N–H and O–H groups in total. The van der Waals surface area contributed by atoms with E-state index in [0.717, 1.165) is 0 Å². The maximum absolute atomic E-state index is 11.3. The van der Waals surface area contributed by atoms with Crippen molar-refractivity contribution in [2.24, 2.45) is 5.10 Å². The molecule has 0 heterocycles. The molecule has 0 amide bonds. The zero-order valence-corrected chi connectivity index (χ0v) is 10.9. The summed E-state index contributed by atoms with van der Waals surface area (Å²) in [6.45, 7) is 1.79. The Labute approximate surface area is 114 Å². The normalized spacial score (nSPS) is 10.7. The van der Waals surface area contributed by atoms with Crippen molar-refractivity contribution in [3.8, 4) is 6.07 Å². The van der Waals surface area contributed by atoms with Gasteiger partial charge in [-0.05, 0) is 19.1 Å². The van der Waals surface area contributed by atoms with Crippen LogP contribution in [0.1, 0.15) is 6.92 Å². The minimum absolute atomic E-state index is 0.159. The molecule has 0 aromatic heterocycles. The number of rotatable bonds is 4. The number of hydrogen-bond donors (Lipinski definition) is 1. The predicted octanol–water partition coefficient (Wildman–Crippen LogP) is 2.85. The standard InChI is InChI=1S/C11H9Cl2N3O2/c1-2-18-11(17)9(6-14)15-16-10-7(12)4-3-5-8(10)13/h3-5,16H,2H2,1H3. The van der Waals surface area contributed by atoms with Crippen LogP contribution in [0.5, 0.6) is 0 Å². The summed E-state index contributed by atoms with van der Waals surface area (Å²) in [4.78, 5) is 11.3. The van der Waals surface area contributed by atoms with Crippen LogP contribution in [0.3, 0.4) is 0 Å². The van der Waals surface area contributed by atoms with E-state index < -0.39 is 11.7 Å². The SMILES string of the molecule is CCOC(=O)C(C#N)=NNc1c(Cl)cccc1Cl. The molecule has 0 saturated carbocycles. The molecule has 94 valence electrons. The highest BCUT2D eigenvalue weighted by molar-refractivity contribution is 6.43. The molecular formula is C11H9Cl2N3O2. The van der Waals surface area contributed by atoms with Gasteiger partial charge in [0, 0.05) is 0 Å². The van der Waals surface area contributed by atoms with E-state index in [-0.39, 0.29) is 6.61 Å². The molecule has 0 unspecified atom stereocenters. The molecule has 0 saturated heterocycles. The number of nitriles is 1. The fourth-order valence-electron chi connectivity index (χ4n) is 1.03. The second-order valence-electron chi connectivity index (χ2n) is 3.00. The number of ether oxygens (including phenoxy) is 1. The van der Waals surface area contributed by atoms with Crippen LogP contribution in [0.4, 0.5) is 5.69 Å². The first-order valence-electron chi connectivity index (χ1n) is 4.95. The number of carbonyl (C=O) groups is 1. The van der Waals surface area contributed by atoms with Gasteiger partial charge >= 0.3 is 5.97 Å². The summed E-state index contributed by atoms with van der Waals surface area (Å²) in [5.74, 6) is -0.810. The first-order valence-corrected chi connectivity index (χ1v) is 5.70. The number of carbonyl (C=O) groups excluding carboxylic acids is 1. The third-order valence-electron chi connectivity index (χ3n) is 1.82. The van der Waals surface area contributed by atoms with E-state index in [4.69, 9.17) is 28.5 Å². The van der Waals surface area contributed by atoms with Crippen LogP contribution < -0.4 is 5.43 Å². The Morgan fingerprint density at radius 2 is 2.11 bits per heavy atom. The minimum atomic E-state index is -0.810. The smallest absolute Gasteiger partial charge is 0.369 e. The predicted molar refractivity (Wildman–Crippen MR) is 69.8 cm³/mol. The second kappa shape index (κ2) is 6.84. The third kappa shape index (κ3) is 3.62. The molecule has 0 aliphatic rings. The van der Waals surface area contributed by atoms with Crippen molar-refractivity contribution < 1.29 is 9.53 Å². The molecule has 0 fully saturated rings. The average Bonchev–Trinajstić information content (AvgIpc) is 2.33. The molecule has 5 nitrogen and oxygen atoms in total. The number of hydrogen-bond acceptors (Lipinski definition) is 5. The van der Waals surface area contributed by atoms with Gasteiger partial charge in [0.1, 0.15) is 6.07 Å². The molecule has 0 spiro atoms. The summed E-state index contributed by atoms with van der Waals surface area (Å²) in [5.41, 5.74) is 2.38. The number of para-hydroxylation sites is 1. The number of benzene rings is 1. The zero-order chi connectivity index (χ0) is 13.5. The molecule has 0 aliphatic heterocycles. The van der Waals surface area contributed by atoms with E-state index in [9.17, 15) is 4.79 Å². The van der Waals surface area contributed by atoms with Crippen LogP contribution in [0.25, 0.3) is 0 Å². The summed E-state index contributed by atoms with van der Waals surface area (Å²) in [6, 6.07) is 6.48. The second-order valence-corrected chi connectivity index (χ2v) is 3.82. The number of nitrogens with zero attached hydrogens (tertiary/aromatic N) is 2. The molecule has 0 radical (unpaired) electrons. The van der Waals surface area contributed by atoms with Crippen LogP contribution in [-0.2, 0) is 9.53 Å². The van der Waals surface area contributed by atoms with E-state index in [2.05, 4.69) is 15.3 Å². The van der Waals surface area contributed by atoms with E-state index in [1.165, 1.54) is 0 Å². The monoisotopic (exact) mass is 285 g/mol. The number of anilines is 1. The summed E-state index contributed by atoms with van der Waals surface area (Å²) in [6.07, 6.45) is 0. The van der Waals surface area contributed by atoms with Gasteiger partial charge in [-0.1, -0.05) is 29.3 Å². The molecule has 1 aromatic rings. The van der Waals surface area contributed by atoms with E-state index in [0.29, 0.717) is 15.7 Å². The van der Waals surface area contributed by atoms with Gasteiger partial charge in [0.25, 0.3) is 0 Å². The summed E-state index contributed by atoms with van der Waals surface area (Å²) >= 11 is 11.8. The average molecular weight is 286 g/mol. The van der Waals surface area contributed by atoms with Gasteiger partial charge in [0.15, 0.2) is 0 Å². The van der Waals surface area contributed by atoms with E-state index >= 15 is 0 Å². The van der Waals surface area contributed by atoms with E-state index in [1.807, 2.05) is 0 Å². The lowest BCUT2D eigenvalue weighted by atomic mass is 10.3. The molecule has 1 rings (SSSR count). The molecule has 7 heteroatoms. The maximum atomic E-state index is 11.3. The van der Waals surface area contributed by atoms with E-state index in [1.54, 1.807) is 31.2 Å². The largest absolute Gasteiger partial charge is 0.461 e. The van der Waals surface area contributed by atoms with Gasteiger partial charge in [-0.25, -0.2) is 4.79 Å². The Kier molecular flexibility index (Phi) is 5.43. The summed E-state index contributed by atoms with van der Waals surface area (Å²) in [5, 5.41) is 13.0. The Hall–Kier alpha value is -1.77. The van der Waals surface area contributed by atoms with Gasteiger partial charge < -0.3 is 4.74 Å². The van der Waals surface area contributed by atoms with Gasteiger partial charge in [0.05, 0.1) is 22.3 Å². The van der Waals surface area contributed by atoms with Crippen LogP contribution in [0, 0.1) is 11.3 Å². The summed E-state index contributed by atoms with van der Waals surface area (Å²) in [7, 11) is 0. The lowest BCUT2D eigenvalue weighted by molar-refractivity contribution is -0.134. The van der Waals surface area contributed by atoms with Crippen molar-refractivity contribution in [1.29, 1.82) is 5.26 Å². The Bertz CT molecular complexity index is 503. The number of esters is 1. The van der Waals surface area contributed by atoms with Gasteiger partial charge in [-0.15, -0.1) is 0 Å². The lowest BCUT2D eigenvalue weighted by Crippen LogP contribution is -2.17. The molecule has 0 aliphatic carbocycles. The van der Waals surface area contributed by atoms with Crippen molar-refractivity contribution in [1.82, 2.24) is 0 Å². The van der Waals surface area contributed by atoms with Gasteiger partial charge in [-0.3, -0.25) is 5.43 Å². The molecular weight excluding hydrogens is 277 g/mol. The first kappa shape index (κ1) is 14.3. The highest BCUT2D eigenvalue weighted by Crippen LogP contribution is 2.29. The molecule has 0 atom stereocenters. The van der Waals surface area contributed by atoms with Crippen molar-refractivity contribution in [2.75, 3.05) is 12.0 Å². The zero-order valence-electron chi connectivity index (χ0n) is 9.41. The Morgan fingerprint density at radius 3 is 2.61 bits per heavy atom. The Morgan fingerprint density at radius 1 is 1.50 bits per heavy atom. The first-order chi connectivity index (χ1) is 8.60. The number of nitrogens with one attached hydrogen (secondary N) is 1. The topological polar surface area (TPSA) is 74.5 Å². The van der Waals surface area contributed by atoms with Gasteiger partial charge in [-0.2, -0.15) is 10.4 Å². The molecule has 0 bridgehead atoms. The quantitative estimate of drug-likeness (QED) is 0.524.